The van der Waals surface area contributed by atoms with Gasteiger partial charge in [-0.2, -0.15) is 23.4 Å². The van der Waals surface area contributed by atoms with Gasteiger partial charge in [0.2, 0.25) is 0 Å². The Hall–Kier alpha value is -1.83. The zero-order chi connectivity index (χ0) is 14.0. The lowest BCUT2D eigenvalue weighted by Gasteiger charge is -2.02. The first-order valence-electron chi connectivity index (χ1n) is 5.65. The standard InChI is InChI=1S/C11H14F3N5/c1-18-4-3-8(16-18)6-15-7-9-5-10(11(12,13)14)17-19(9)2/h3-5,15H,6-7H2,1-2H3. The lowest BCUT2D eigenvalue weighted by Crippen LogP contribution is -2.15. The van der Waals surface area contributed by atoms with Gasteiger partial charge >= 0.3 is 6.18 Å². The van der Waals surface area contributed by atoms with Crippen LogP contribution in [0.1, 0.15) is 17.1 Å². The highest BCUT2D eigenvalue weighted by atomic mass is 19.4. The average molecular weight is 273 g/mol. The van der Waals surface area contributed by atoms with E-state index in [0.717, 1.165) is 11.8 Å². The molecule has 0 aliphatic carbocycles. The van der Waals surface area contributed by atoms with Gasteiger partial charge in [-0.1, -0.05) is 0 Å². The summed E-state index contributed by atoms with van der Waals surface area (Å²) in [5.41, 5.74) is 0.439. The zero-order valence-corrected chi connectivity index (χ0v) is 10.6. The van der Waals surface area contributed by atoms with E-state index in [9.17, 15) is 13.2 Å². The normalized spacial score (nSPS) is 12.1. The fraction of sp³-hybridized carbons (Fsp3) is 0.455. The number of hydrogen-bond acceptors (Lipinski definition) is 3. The van der Waals surface area contributed by atoms with Gasteiger partial charge in [-0.25, -0.2) is 0 Å². The van der Waals surface area contributed by atoms with Crippen molar-refractivity contribution in [3.63, 3.8) is 0 Å². The molecule has 104 valence electrons. The van der Waals surface area contributed by atoms with Crippen molar-refractivity contribution in [2.45, 2.75) is 19.3 Å². The number of rotatable bonds is 4. The van der Waals surface area contributed by atoms with Gasteiger partial charge in [-0.3, -0.25) is 9.36 Å². The zero-order valence-electron chi connectivity index (χ0n) is 10.6. The van der Waals surface area contributed by atoms with E-state index in [1.54, 1.807) is 11.7 Å². The summed E-state index contributed by atoms with van der Waals surface area (Å²) in [5.74, 6) is 0. The van der Waals surface area contributed by atoms with Gasteiger partial charge in [0.25, 0.3) is 0 Å². The summed E-state index contributed by atoms with van der Waals surface area (Å²) in [4.78, 5) is 0. The molecule has 8 heteroatoms. The predicted octanol–water partition coefficient (Wildman–Crippen LogP) is 1.46. The van der Waals surface area contributed by atoms with Crippen molar-refractivity contribution < 1.29 is 13.2 Å². The first kappa shape index (κ1) is 13.6. The van der Waals surface area contributed by atoms with Crippen molar-refractivity contribution in [1.29, 1.82) is 0 Å². The molecule has 0 unspecified atom stereocenters. The summed E-state index contributed by atoms with van der Waals surface area (Å²) < 4.78 is 40.3. The minimum atomic E-state index is -4.41. The third-order valence-corrected chi connectivity index (χ3v) is 2.65. The van der Waals surface area contributed by atoms with Crippen LogP contribution in [0.5, 0.6) is 0 Å². The van der Waals surface area contributed by atoms with Crippen LogP contribution in [0.4, 0.5) is 13.2 Å². The molecule has 0 amide bonds. The lowest BCUT2D eigenvalue weighted by molar-refractivity contribution is -0.141. The van der Waals surface area contributed by atoms with Crippen LogP contribution in [0, 0.1) is 0 Å². The molecule has 0 aliphatic rings. The Morgan fingerprint density at radius 1 is 1.21 bits per heavy atom. The Labute approximate surface area is 108 Å². The van der Waals surface area contributed by atoms with Gasteiger partial charge in [0.1, 0.15) is 0 Å². The number of nitrogens with one attached hydrogen (secondary N) is 1. The third-order valence-electron chi connectivity index (χ3n) is 2.65. The monoisotopic (exact) mass is 273 g/mol. The Balaban J connectivity index is 1.94. The molecule has 0 radical (unpaired) electrons. The first-order valence-corrected chi connectivity index (χ1v) is 5.65. The maximum Gasteiger partial charge on any atom is 0.435 e. The molecular weight excluding hydrogens is 259 g/mol. The lowest BCUT2D eigenvalue weighted by atomic mass is 10.3. The predicted molar refractivity (Wildman–Crippen MR) is 62.0 cm³/mol. The van der Waals surface area contributed by atoms with Gasteiger partial charge < -0.3 is 5.32 Å². The summed E-state index contributed by atoms with van der Waals surface area (Å²) in [5, 5.41) is 10.6. The Bertz CT molecular complexity index is 555. The highest BCUT2D eigenvalue weighted by Crippen LogP contribution is 2.28. The van der Waals surface area contributed by atoms with E-state index in [0.29, 0.717) is 18.8 Å². The van der Waals surface area contributed by atoms with E-state index in [4.69, 9.17) is 0 Å². The largest absolute Gasteiger partial charge is 0.435 e. The maximum absolute atomic E-state index is 12.5. The number of alkyl halides is 3. The summed E-state index contributed by atoms with van der Waals surface area (Å²) >= 11 is 0. The van der Waals surface area contributed by atoms with E-state index in [1.165, 1.54) is 11.7 Å². The van der Waals surface area contributed by atoms with E-state index in [1.807, 2.05) is 12.3 Å². The van der Waals surface area contributed by atoms with E-state index in [-0.39, 0.29) is 0 Å². The van der Waals surface area contributed by atoms with E-state index in [2.05, 4.69) is 15.5 Å². The van der Waals surface area contributed by atoms with E-state index >= 15 is 0 Å². The quantitative estimate of drug-likeness (QED) is 0.917. The molecule has 2 aromatic rings. The molecule has 2 heterocycles. The van der Waals surface area contributed by atoms with Crippen molar-refractivity contribution in [2.75, 3.05) is 0 Å². The molecule has 0 fully saturated rings. The van der Waals surface area contributed by atoms with Crippen LogP contribution in [0.2, 0.25) is 0 Å². The molecule has 19 heavy (non-hydrogen) atoms. The fourth-order valence-electron chi connectivity index (χ4n) is 1.69. The van der Waals surface area contributed by atoms with Crippen molar-refractivity contribution >= 4 is 0 Å². The number of aromatic nitrogens is 4. The summed E-state index contributed by atoms with van der Waals surface area (Å²) in [6, 6.07) is 2.89. The van der Waals surface area contributed by atoms with Crippen LogP contribution in [0.3, 0.4) is 0 Å². The molecule has 0 saturated heterocycles. The van der Waals surface area contributed by atoms with Gasteiger partial charge in [0.05, 0.1) is 11.4 Å². The fourth-order valence-corrected chi connectivity index (χ4v) is 1.69. The minimum absolute atomic E-state index is 0.302. The Morgan fingerprint density at radius 3 is 2.47 bits per heavy atom. The van der Waals surface area contributed by atoms with Gasteiger partial charge in [0, 0.05) is 33.4 Å². The molecule has 5 nitrogen and oxygen atoms in total. The van der Waals surface area contributed by atoms with Crippen LogP contribution in [-0.4, -0.2) is 19.6 Å². The Morgan fingerprint density at radius 2 is 1.95 bits per heavy atom. The third kappa shape index (κ3) is 3.34. The number of aryl methyl sites for hydroxylation is 2. The van der Waals surface area contributed by atoms with Crippen LogP contribution < -0.4 is 5.32 Å². The molecule has 0 atom stereocenters. The average Bonchev–Trinajstić information content (AvgIpc) is 2.86. The van der Waals surface area contributed by atoms with Crippen LogP contribution in [0.15, 0.2) is 18.3 Å². The second-order valence-corrected chi connectivity index (χ2v) is 4.23. The Kier molecular flexibility index (Phi) is 3.61. The molecule has 0 aromatic carbocycles. The molecule has 0 aliphatic heterocycles. The summed E-state index contributed by atoms with van der Waals surface area (Å²) in [6.45, 7) is 0.795. The van der Waals surface area contributed by atoms with Gasteiger partial charge in [-0.05, 0) is 12.1 Å². The topological polar surface area (TPSA) is 47.7 Å². The van der Waals surface area contributed by atoms with Crippen molar-refractivity contribution in [3.8, 4) is 0 Å². The second-order valence-electron chi connectivity index (χ2n) is 4.23. The SMILES string of the molecule is Cn1ccc(CNCc2cc(C(F)(F)F)nn2C)n1. The molecule has 0 saturated carbocycles. The molecule has 0 bridgehead atoms. The molecular formula is C11H14F3N5. The number of nitrogens with zero attached hydrogens (tertiary/aromatic N) is 4. The number of hydrogen-bond donors (Lipinski definition) is 1. The van der Waals surface area contributed by atoms with Gasteiger partial charge in [-0.15, -0.1) is 0 Å². The maximum atomic E-state index is 12.5. The highest BCUT2D eigenvalue weighted by Gasteiger charge is 2.34. The molecule has 2 rings (SSSR count). The van der Waals surface area contributed by atoms with Crippen LogP contribution in [-0.2, 0) is 33.4 Å². The highest BCUT2D eigenvalue weighted by molar-refractivity contribution is 5.13. The molecule has 2 aromatic heterocycles. The van der Waals surface area contributed by atoms with Crippen LogP contribution in [0.25, 0.3) is 0 Å². The van der Waals surface area contributed by atoms with E-state index < -0.39 is 11.9 Å². The summed E-state index contributed by atoms with van der Waals surface area (Å²) in [7, 11) is 3.30. The van der Waals surface area contributed by atoms with Crippen LogP contribution >= 0.6 is 0 Å². The number of halogens is 3. The summed E-state index contributed by atoms with van der Waals surface area (Å²) in [6.07, 6.45) is -2.60. The first-order chi connectivity index (χ1) is 8.86. The van der Waals surface area contributed by atoms with Crippen molar-refractivity contribution in [2.24, 2.45) is 14.1 Å². The smallest absolute Gasteiger partial charge is 0.305 e. The van der Waals surface area contributed by atoms with Gasteiger partial charge in [0.15, 0.2) is 5.69 Å². The molecule has 1 N–H and O–H groups in total. The van der Waals surface area contributed by atoms with Crippen molar-refractivity contribution in [3.05, 3.63) is 35.4 Å². The van der Waals surface area contributed by atoms with Crippen molar-refractivity contribution in [1.82, 2.24) is 24.9 Å². The molecule has 0 spiro atoms. The minimum Gasteiger partial charge on any atom is -0.305 e. The second kappa shape index (κ2) is 5.04.